The zero-order valence-corrected chi connectivity index (χ0v) is 15.8. The molecule has 1 saturated heterocycles. The number of nitrogens with zero attached hydrogens (tertiary/aromatic N) is 4. The third-order valence-corrected chi connectivity index (χ3v) is 5.28. The van der Waals surface area contributed by atoms with E-state index in [2.05, 4.69) is 25.9 Å². The molecule has 1 aliphatic carbocycles. The second-order valence-electron chi connectivity index (χ2n) is 7.23. The van der Waals surface area contributed by atoms with Gasteiger partial charge in [-0.25, -0.2) is 0 Å². The van der Waals surface area contributed by atoms with E-state index < -0.39 is 6.36 Å². The lowest BCUT2D eigenvalue weighted by Crippen LogP contribution is -2.49. The number of halogens is 3. The van der Waals surface area contributed by atoms with Crippen LogP contribution in [0.4, 0.5) is 19.0 Å². The van der Waals surface area contributed by atoms with Crippen LogP contribution in [0.25, 0.3) is 0 Å². The van der Waals surface area contributed by atoms with Crippen LogP contribution in [0, 0.1) is 0 Å². The smallest absolute Gasteiger partial charge is 0.406 e. The molecule has 2 heterocycles. The van der Waals surface area contributed by atoms with Crippen LogP contribution in [-0.4, -0.2) is 53.5 Å². The average molecular weight is 406 g/mol. The number of benzene rings is 1. The lowest BCUT2D eigenvalue weighted by atomic mass is 9.97. The summed E-state index contributed by atoms with van der Waals surface area (Å²) in [5, 5.41) is 8.71. The van der Waals surface area contributed by atoms with Crippen molar-refractivity contribution in [2.24, 2.45) is 0 Å². The Kier molecular flexibility index (Phi) is 5.29. The van der Waals surface area contributed by atoms with Gasteiger partial charge in [-0.2, -0.15) is 5.10 Å². The molecule has 0 spiro atoms. The molecule has 0 atom stereocenters. The first-order chi connectivity index (χ1) is 13.9. The number of amides is 1. The number of aromatic nitrogens is 2. The van der Waals surface area contributed by atoms with Gasteiger partial charge in [0, 0.05) is 31.7 Å². The fraction of sp³-hybridized carbons (Fsp3) is 0.450. The third-order valence-electron chi connectivity index (χ3n) is 5.28. The van der Waals surface area contributed by atoms with Crippen molar-refractivity contribution in [3.05, 3.63) is 47.2 Å². The first-order valence-corrected chi connectivity index (χ1v) is 9.64. The molecule has 1 aliphatic heterocycles. The predicted octanol–water partition coefficient (Wildman–Crippen LogP) is 3.22. The SMILES string of the molecule is O=C(c1ccc(OC(F)(F)F)cc1)N1CCN(c2cc3c(nn2)CCCC3)CC1. The van der Waals surface area contributed by atoms with Crippen molar-refractivity contribution >= 4 is 11.7 Å². The molecular formula is C20H21F3N4O2. The molecule has 154 valence electrons. The van der Waals surface area contributed by atoms with Gasteiger partial charge in [0.2, 0.25) is 0 Å². The average Bonchev–Trinajstić information content (AvgIpc) is 2.72. The van der Waals surface area contributed by atoms with Crippen molar-refractivity contribution in [2.75, 3.05) is 31.1 Å². The number of anilines is 1. The molecule has 1 fully saturated rings. The van der Waals surface area contributed by atoms with Gasteiger partial charge in [0.05, 0.1) is 5.69 Å². The van der Waals surface area contributed by atoms with Gasteiger partial charge in [-0.15, -0.1) is 18.3 Å². The lowest BCUT2D eigenvalue weighted by molar-refractivity contribution is -0.274. The Labute approximate surface area is 166 Å². The van der Waals surface area contributed by atoms with Gasteiger partial charge in [-0.1, -0.05) is 0 Å². The van der Waals surface area contributed by atoms with Gasteiger partial charge in [0.1, 0.15) is 5.75 Å². The normalized spacial score (nSPS) is 17.1. The van der Waals surface area contributed by atoms with Crippen LogP contribution >= 0.6 is 0 Å². The van der Waals surface area contributed by atoms with E-state index >= 15 is 0 Å². The fourth-order valence-electron chi connectivity index (χ4n) is 3.75. The molecule has 1 aromatic heterocycles. The Morgan fingerprint density at radius 1 is 0.966 bits per heavy atom. The van der Waals surface area contributed by atoms with Crippen molar-refractivity contribution in [3.8, 4) is 5.75 Å². The van der Waals surface area contributed by atoms with Crippen molar-refractivity contribution in [1.82, 2.24) is 15.1 Å². The standard InChI is InChI=1S/C20H21F3N4O2/c21-20(22,23)29-16-7-5-14(6-8-16)19(28)27-11-9-26(10-12-27)18-13-15-3-1-2-4-17(15)24-25-18/h5-8,13H,1-4,9-12H2. The second kappa shape index (κ2) is 7.88. The van der Waals surface area contributed by atoms with Gasteiger partial charge >= 0.3 is 6.36 Å². The minimum Gasteiger partial charge on any atom is -0.406 e. The van der Waals surface area contributed by atoms with Crippen LogP contribution in [0.5, 0.6) is 5.75 Å². The Hall–Kier alpha value is -2.84. The number of carbonyl (C=O) groups excluding carboxylic acids is 1. The number of aryl methyl sites for hydroxylation is 2. The molecule has 0 N–H and O–H groups in total. The number of carbonyl (C=O) groups is 1. The van der Waals surface area contributed by atoms with E-state index in [-0.39, 0.29) is 11.7 Å². The number of hydrogen-bond acceptors (Lipinski definition) is 5. The molecular weight excluding hydrogens is 385 g/mol. The Morgan fingerprint density at radius 2 is 1.66 bits per heavy atom. The maximum atomic E-state index is 12.6. The van der Waals surface area contributed by atoms with Crippen LogP contribution in [0.1, 0.15) is 34.5 Å². The molecule has 2 aromatic rings. The fourth-order valence-corrected chi connectivity index (χ4v) is 3.75. The Balaban J connectivity index is 1.36. The first-order valence-electron chi connectivity index (χ1n) is 9.64. The zero-order chi connectivity index (χ0) is 20.4. The van der Waals surface area contributed by atoms with E-state index in [0.717, 1.165) is 42.9 Å². The minimum atomic E-state index is -4.75. The molecule has 0 unspecified atom stereocenters. The van der Waals surface area contributed by atoms with Crippen LogP contribution < -0.4 is 9.64 Å². The van der Waals surface area contributed by atoms with E-state index in [0.29, 0.717) is 31.7 Å². The van der Waals surface area contributed by atoms with Crippen molar-refractivity contribution in [1.29, 1.82) is 0 Å². The number of hydrogen-bond donors (Lipinski definition) is 0. The highest BCUT2D eigenvalue weighted by molar-refractivity contribution is 5.94. The van der Waals surface area contributed by atoms with Gasteiger partial charge in [-0.3, -0.25) is 4.79 Å². The monoisotopic (exact) mass is 406 g/mol. The molecule has 0 radical (unpaired) electrons. The molecule has 4 rings (SSSR count). The largest absolute Gasteiger partial charge is 0.573 e. The highest BCUT2D eigenvalue weighted by Crippen LogP contribution is 2.25. The quantitative estimate of drug-likeness (QED) is 0.784. The number of fused-ring (bicyclic) bond motifs is 1. The Bertz CT molecular complexity index is 878. The molecule has 1 amide bonds. The van der Waals surface area contributed by atoms with Crippen LogP contribution in [0.3, 0.4) is 0 Å². The van der Waals surface area contributed by atoms with Crippen LogP contribution in [0.2, 0.25) is 0 Å². The maximum Gasteiger partial charge on any atom is 0.573 e. The van der Waals surface area contributed by atoms with E-state index in [1.165, 1.54) is 24.1 Å². The molecule has 1 aromatic carbocycles. The molecule has 0 saturated carbocycles. The second-order valence-corrected chi connectivity index (χ2v) is 7.23. The van der Waals surface area contributed by atoms with Gasteiger partial charge in [-0.05, 0) is 61.6 Å². The van der Waals surface area contributed by atoms with Crippen LogP contribution in [-0.2, 0) is 12.8 Å². The van der Waals surface area contributed by atoms with E-state index in [1.54, 1.807) is 4.90 Å². The van der Waals surface area contributed by atoms with Crippen molar-refractivity contribution in [3.63, 3.8) is 0 Å². The first kappa shape index (κ1) is 19.5. The molecule has 29 heavy (non-hydrogen) atoms. The molecule has 6 nitrogen and oxygen atoms in total. The Morgan fingerprint density at radius 3 is 2.34 bits per heavy atom. The summed E-state index contributed by atoms with van der Waals surface area (Å²) in [5.41, 5.74) is 2.69. The summed E-state index contributed by atoms with van der Waals surface area (Å²) in [4.78, 5) is 16.5. The third kappa shape index (κ3) is 4.60. The number of alkyl halides is 3. The van der Waals surface area contributed by atoms with E-state index in [4.69, 9.17) is 0 Å². The van der Waals surface area contributed by atoms with Crippen molar-refractivity contribution < 1.29 is 22.7 Å². The highest BCUT2D eigenvalue weighted by Gasteiger charge is 2.31. The van der Waals surface area contributed by atoms with Gasteiger partial charge < -0.3 is 14.5 Å². The van der Waals surface area contributed by atoms with E-state index in [9.17, 15) is 18.0 Å². The predicted molar refractivity (Wildman–Crippen MR) is 99.9 cm³/mol. The lowest BCUT2D eigenvalue weighted by Gasteiger charge is -2.35. The molecule has 2 aliphatic rings. The van der Waals surface area contributed by atoms with Crippen LogP contribution in [0.15, 0.2) is 30.3 Å². The summed E-state index contributed by atoms with van der Waals surface area (Å²) in [7, 11) is 0. The number of piperazine rings is 1. The summed E-state index contributed by atoms with van der Waals surface area (Å²) in [6.07, 6.45) is -0.401. The summed E-state index contributed by atoms with van der Waals surface area (Å²) in [6, 6.07) is 7.12. The summed E-state index contributed by atoms with van der Waals surface area (Å²) in [6.45, 7) is 2.29. The molecule has 0 bridgehead atoms. The summed E-state index contributed by atoms with van der Waals surface area (Å²) in [5.74, 6) is 0.288. The van der Waals surface area contributed by atoms with Crippen molar-refractivity contribution in [2.45, 2.75) is 32.0 Å². The topological polar surface area (TPSA) is 58.6 Å². The maximum absolute atomic E-state index is 12.6. The van der Waals surface area contributed by atoms with Gasteiger partial charge in [0.15, 0.2) is 5.82 Å². The molecule has 9 heteroatoms. The number of ether oxygens (including phenoxy) is 1. The van der Waals surface area contributed by atoms with E-state index in [1.807, 2.05) is 0 Å². The highest BCUT2D eigenvalue weighted by atomic mass is 19.4. The number of rotatable bonds is 3. The minimum absolute atomic E-state index is 0.209. The van der Waals surface area contributed by atoms with Gasteiger partial charge in [0.25, 0.3) is 5.91 Å². The zero-order valence-electron chi connectivity index (χ0n) is 15.8. The summed E-state index contributed by atoms with van der Waals surface area (Å²) >= 11 is 0. The summed E-state index contributed by atoms with van der Waals surface area (Å²) < 4.78 is 40.6.